The Morgan fingerprint density at radius 2 is 1.30 bits per heavy atom. The lowest BCUT2D eigenvalue weighted by atomic mass is 10.1. The van der Waals surface area contributed by atoms with Crippen LogP contribution in [0.15, 0.2) is 91.0 Å². The maximum absolute atomic E-state index is 12.1. The van der Waals surface area contributed by atoms with Crippen molar-refractivity contribution in [3.63, 3.8) is 0 Å². The number of hydrogen-bond donors (Lipinski definition) is 3. The van der Waals surface area contributed by atoms with Gasteiger partial charge in [-0.15, -0.1) is 0 Å². The molecule has 2 amide bonds. The average Bonchev–Trinajstić information content (AvgIpc) is 3.20. The van der Waals surface area contributed by atoms with Crippen LogP contribution in [-0.2, 0) is 0 Å². The fraction of sp³-hybridized carbons (Fsp3) is 0. The van der Waals surface area contributed by atoms with Gasteiger partial charge in [-0.1, -0.05) is 60.7 Å². The minimum absolute atomic E-state index is 0.276. The van der Waals surface area contributed by atoms with Gasteiger partial charge in [0.1, 0.15) is 0 Å². The molecule has 0 saturated carbocycles. The molecule has 0 saturated heterocycles. The second-order valence-corrected chi connectivity index (χ2v) is 6.06. The first-order valence-electron chi connectivity index (χ1n) is 8.62. The number of urea groups is 1. The van der Waals surface area contributed by atoms with Crippen molar-refractivity contribution < 1.29 is 4.79 Å². The molecule has 0 aliphatic rings. The fourth-order valence-corrected chi connectivity index (χ4v) is 2.77. The van der Waals surface area contributed by atoms with Crippen molar-refractivity contribution in [3.05, 3.63) is 91.0 Å². The Hall–Kier alpha value is -3.86. The molecule has 4 rings (SSSR count). The molecule has 3 N–H and O–H groups in total. The zero-order chi connectivity index (χ0) is 18.5. The summed E-state index contributed by atoms with van der Waals surface area (Å²) < 4.78 is 0. The van der Waals surface area contributed by atoms with Crippen molar-refractivity contribution in [2.24, 2.45) is 0 Å². The largest absolute Gasteiger partial charge is 0.323 e. The predicted molar refractivity (Wildman–Crippen MR) is 109 cm³/mol. The number of nitrogens with zero attached hydrogens (tertiary/aromatic N) is 1. The van der Waals surface area contributed by atoms with E-state index < -0.39 is 0 Å². The van der Waals surface area contributed by atoms with E-state index >= 15 is 0 Å². The van der Waals surface area contributed by atoms with Crippen molar-refractivity contribution in [3.8, 4) is 22.5 Å². The number of aromatic nitrogens is 2. The highest BCUT2D eigenvalue weighted by Gasteiger charge is 2.07. The molecular formula is C22H18N4O. The van der Waals surface area contributed by atoms with E-state index in [2.05, 4.69) is 20.8 Å². The van der Waals surface area contributed by atoms with E-state index in [0.29, 0.717) is 0 Å². The van der Waals surface area contributed by atoms with E-state index in [9.17, 15) is 4.79 Å². The summed E-state index contributed by atoms with van der Waals surface area (Å²) in [6, 6.07) is 28.7. The van der Waals surface area contributed by atoms with Crippen molar-refractivity contribution in [2.45, 2.75) is 0 Å². The van der Waals surface area contributed by atoms with Gasteiger partial charge in [0, 0.05) is 16.9 Å². The van der Waals surface area contributed by atoms with Gasteiger partial charge >= 0.3 is 6.03 Å². The van der Waals surface area contributed by atoms with E-state index in [0.717, 1.165) is 33.9 Å². The zero-order valence-electron chi connectivity index (χ0n) is 14.5. The lowest BCUT2D eigenvalue weighted by Crippen LogP contribution is -2.19. The van der Waals surface area contributed by atoms with Crippen LogP contribution >= 0.6 is 0 Å². The molecule has 0 atom stereocenters. The van der Waals surface area contributed by atoms with Crippen LogP contribution in [0.3, 0.4) is 0 Å². The van der Waals surface area contributed by atoms with Gasteiger partial charge in [-0.3, -0.25) is 5.10 Å². The standard InChI is InChI=1S/C22H18N4O/c27-22(23-18-9-5-2-6-10-18)24-19-13-11-17(12-14-19)21-15-20(25-26-21)16-7-3-1-4-8-16/h1-15H,(H,25,26)(H2,23,24,27). The normalized spacial score (nSPS) is 10.4. The number of H-pyrrole nitrogens is 1. The molecule has 0 spiro atoms. The molecule has 0 aliphatic carbocycles. The summed E-state index contributed by atoms with van der Waals surface area (Å²) in [7, 11) is 0. The Balaban J connectivity index is 1.43. The Morgan fingerprint density at radius 3 is 1.96 bits per heavy atom. The van der Waals surface area contributed by atoms with Crippen molar-refractivity contribution >= 4 is 17.4 Å². The SMILES string of the molecule is O=C(Nc1ccccc1)Nc1ccc(-c2cc(-c3ccccc3)n[nH]2)cc1. The molecule has 27 heavy (non-hydrogen) atoms. The predicted octanol–water partition coefficient (Wildman–Crippen LogP) is 5.39. The van der Waals surface area contributed by atoms with Crippen LogP contribution in [0.5, 0.6) is 0 Å². The third kappa shape index (κ3) is 4.04. The summed E-state index contributed by atoms with van der Waals surface area (Å²) >= 11 is 0. The van der Waals surface area contributed by atoms with Gasteiger partial charge < -0.3 is 10.6 Å². The zero-order valence-corrected chi connectivity index (χ0v) is 14.5. The summed E-state index contributed by atoms with van der Waals surface area (Å²) in [4.78, 5) is 12.1. The van der Waals surface area contributed by atoms with E-state index in [-0.39, 0.29) is 6.03 Å². The summed E-state index contributed by atoms with van der Waals surface area (Å²) in [5, 5.41) is 13.1. The summed E-state index contributed by atoms with van der Waals surface area (Å²) in [6.45, 7) is 0. The quantitative estimate of drug-likeness (QED) is 0.460. The molecule has 1 heterocycles. The van der Waals surface area contributed by atoms with Crippen LogP contribution in [-0.4, -0.2) is 16.2 Å². The van der Waals surface area contributed by atoms with Crippen molar-refractivity contribution in [1.29, 1.82) is 0 Å². The molecule has 3 aromatic carbocycles. The Bertz CT molecular complexity index is 1020. The van der Waals surface area contributed by atoms with Gasteiger partial charge in [-0.05, 0) is 35.9 Å². The molecule has 0 bridgehead atoms. The maximum atomic E-state index is 12.1. The van der Waals surface area contributed by atoms with Gasteiger partial charge in [-0.25, -0.2) is 4.79 Å². The monoisotopic (exact) mass is 354 g/mol. The molecule has 0 aliphatic heterocycles. The summed E-state index contributed by atoms with van der Waals surface area (Å²) in [5.41, 5.74) is 5.35. The van der Waals surface area contributed by atoms with Gasteiger partial charge in [0.25, 0.3) is 0 Å². The average molecular weight is 354 g/mol. The second kappa shape index (κ2) is 7.58. The Kier molecular flexibility index (Phi) is 4.66. The van der Waals surface area contributed by atoms with Gasteiger partial charge in [0.05, 0.1) is 11.4 Å². The lowest BCUT2D eigenvalue weighted by molar-refractivity contribution is 0.262. The smallest absolute Gasteiger partial charge is 0.308 e. The van der Waals surface area contributed by atoms with Gasteiger partial charge in [-0.2, -0.15) is 5.10 Å². The fourth-order valence-electron chi connectivity index (χ4n) is 2.77. The maximum Gasteiger partial charge on any atom is 0.323 e. The molecule has 1 aromatic heterocycles. The number of anilines is 2. The number of carbonyl (C=O) groups is 1. The van der Waals surface area contributed by atoms with Crippen molar-refractivity contribution in [1.82, 2.24) is 10.2 Å². The number of hydrogen-bond acceptors (Lipinski definition) is 2. The molecule has 132 valence electrons. The Labute approximate surface area is 157 Å². The van der Waals surface area contributed by atoms with Crippen LogP contribution in [0.2, 0.25) is 0 Å². The number of carbonyl (C=O) groups excluding carboxylic acids is 1. The number of nitrogens with one attached hydrogen (secondary N) is 3. The third-order valence-corrected chi connectivity index (χ3v) is 4.13. The Morgan fingerprint density at radius 1 is 0.704 bits per heavy atom. The molecule has 0 fully saturated rings. The number of benzene rings is 3. The van der Waals surface area contributed by atoms with E-state index in [1.54, 1.807) is 0 Å². The van der Waals surface area contributed by atoms with Crippen molar-refractivity contribution in [2.75, 3.05) is 10.6 Å². The second-order valence-electron chi connectivity index (χ2n) is 6.06. The molecule has 4 aromatic rings. The molecular weight excluding hydrogens is 336 g/mol. The first kappa shape index (κ1) is 16.6. The molecule has 5 heteroatoms. The van der Waals surface area contributed by atoms with Crippen LogP contribution in [0.1, 0.15) is 0 Å². The first-order valence-corrected chi connectivity index (χ1v) is 8.62. The van der Waals surface area contributed by atoms with E-state index in [1.807, 2.05) is 91.0 Å². The highest BCUT2D eigenvalue weighted by atomic mass is 16.2. The summed E-state index contributed by atoms with van der Waals surface area (Å²) in [5.74, 6) is 0. The first-order chi connectivity index (χ1) is 13.3. The molecule has 5 nitrogen and oxygen atoms in total. The van der Waals surface area contributed by atoms with Crippen LogP contribution in [0, 0.1) is 0 Å². The van der Waals surface area contributed by atoms with E-state index in [1.165, 1.54) is 0 Å². The molecule has 0 unspecified atom stereocenters. The number of para-hydroxylation sites is 1. The van der Waals surface area contributed by atoms with E-state index in [4.69, 9.17) is 0 Å². The minimum Gasteiger partial charge on any atom is -0.308 e. The lowest BCUT2D eigenvalue weighted by Gasteiger charge is -2.08. The number of rotatable bonds is 4. The highest BCUT2D eigenvalue weighted by molar-refractivity contribution is 5.99. The highest BCUT2D eigenvalue weighted by Crippen LogP contribution is 2.24. The van der Waals surface area contributed by atoms with Gasteiger partial charge in [0.15, 0.2) is 0 Å². The minimum atomic E-state index is -0.276. The number of aromatic amines is 1. The van der Waals surface area contributed by atoms with Crippen LogP contribution in [0.25, 0.3) is 22.5 Å². The molecule has 0 radical (unpaired) electrons. The van der Waals surface area contributed by atoms with Gasteiger partial charge in [0.2, 0.25) is 0 Å². The number of amides is 2. The topological polar surface area (TPSA) is 69.8 Å². The van der Waals surface area contributed by atoms with Crippen LogP contribution < -0.4 is 10.6 Å². The van der Waals surface area contributed by atoms with Crippen LogP contribution in [0.4, 0.5) is 16.2 Å². The third-order valence-electron chi connectivity index (χ3n) is 4.13. The summed E-state index contributed by atoms with van der Waals surface area (Å²) in [6.07, 6.45) is 0.